The number of aromatic nitrogens is 4. The molecule has 9 heteroatoms. The number of likely N-dealkylation sites (tertiary alicyclic amines) is 2. The lowest BCUT2D eigenvalue weighted by atomic mass is 9.72. The number of pyridine rings is 1. The van der Waals surface area contributed by atoms with Crippen molar-refractivity contribution >= 4 is 22.8 Å². The van der Waals surface area contributed by atoms with E-state index in [4.69, 9.17) is 9.72 Å². The molecule has 1 amide bonds. The fourth-order valence-electron chi connectivity index (χ4n) is 5.73. The summed E-state index contributed by atoms with van der Waals surface area (Å²) in [5.41, 5.74) is 4.28. The molecule has 3 fully saturated rings. The van der Waals surface area contributed by atoms with Gasteiger partial charge in [0, 0.05) is 44.3 Å². The Hall–Kier alpha value is -3.30. The number of hydrogen-bond donors (Lipinski definition) is 1. The second kappa shape index (κ2) is 9.63. The summed E-state index contributed by atoms with van der Waals surface area (Å²) in [5, 5.41) is 1.02. The van der Waals surface area contributed by atoms with Gasteiger partial charge >= 0.3 is 0 Å². The first-order valence-electron chi connectivity index (χ1n) is 12.9. The van der Waals surface area contributed by atoms with Gasteiger partial charge in [-0.15, -0.1) is 0 Å². The molecule has 0 unspecified atom stereocenters. The molecule has 0 saturated carbocycles. The van der Waals surface area contributed by atoms with Gasteiger partial charge in [0.1, 0.15) is 17.8 Å². The van der Waals surface area contributed by atoms with E-state index in [0.29, 0.717) is 5.41 Å². The summed E-state index contributed by atoms with van der Waals surface area (Å²) < 4.78 is 5.49. The van der Waals surface area contributed by atoms with E-state index in [2.05, 4.69) is 49.5 Å². The Morgan fingerprint density at radius 2 is 1.92 bits per heavy atom. The van der Waals surface area contributed by atoms with Crippen LogP contribution in [0.5, 0.6) is 0 Å². The Balaban J connectivity index is 1.05. The van der Waals surface area contributed by atoms with Gasteiger partial charge in [0.05, 0.1) is 30.0 Å². The summed E-state index contributed by atoms with van der Waals surface area (Å²) in [5.74, 6) is 1.02. The minimum atomic E-state index is 0.0666. The number of ether oxygens (including phenoxy) is 1. The molecule has 0 bridgehead atoms. The topological polar surface area (TPSA) is 90.5 Å². The molecule has 3 aliphatic heterocycles. The van der Waals surface area contributed by atoms with Gasteiger partial charge in [0.15, 0.2) is 0 Å². The summed E-state index contributed by atoms with van der Waals surface area (Å²) in [4.78, 5) is 35.6. The standard InChI is InChI=1S/C27H33N7O2/c1-2-24(35)34-17-27(18-34)6-9-32(10-7-27)8-5-20-3-4-22(28-16-20)23-15-21-25(31-23)29-19-30-26(21)33-11-13-36-14-12-33/h2-4,15-16,19H,1,5-14,17-18H2,(H,29,30,31). The average Bonchev–Trinajstić information content (AvgIpc) is 3.36. The number of carbonyl (C=O) groups excluding carboxylic acids is 1. The van der Waals surface area contributed by atoms with Gasteiger partial charge in [0.25, 0.3) is 0 Å². The largest absolute Gasteiger partial charge is 0.378 e. The number of hydrogen-bond acceptors (Lipinski definition) is 7. The van der Waals surface area contributed by atoms with Crippen molar-refractivity contribution in [2.45, 2.75) is 19.3 Å². The Bertz CT molecular complexity index is 1230. The summed E-state index contributed by atoms with van der Waals surface area (Å²) >= 11 is 0. The second-order valence-electron chi connectivity index (χ2n) is 10.3. The van der Waals surface area contributed by atoms with Crippen molar-refractivity contribution in [3.8, 4) is 11.4 Å². The molecule has 0 atom stereocenters. The van der Waals surface area contributed by atoms with Crippen molar-refractivity contribution < 1.29 is 9.53 Å². The predicted molar refractivity (Wildman–Crippen MR) is 139 cm³/mol. The summed E-state index contributed by atoms with van der Waals surface area (Å²) in [6.07, 6.45) is 8.36. The fourth-order valence-corrected chi connectivity index (χ4v) is 5.73. The molecule has 0 radical (unpaired) electrons. The van der Waals surface area contributed by atoms with Crippen LogP contribution in [0.1, 0.15) is 18.4 Å². The molecule has 3 aromatic rings. The van der Waals surface area contributed by atoms with Crippen LogP contribution < -0.4 is 4.90 Å². The van der Waals surface area contributed by atoms with Crippen LogP contribution in [-0.2, 0) is 16.0 Å². The smallest absolute Gasteiger partial charge is 0.245 e. The van der Waals surface area contributed by atoms with Crippen molar-refractivity contribution in [3.05, 3.63) is 48.9 Å². The molecule has 0 aromatic carbocycles. The molecule has 6 rings (SSSR count). The highest BCUT2D eigenvalue weighted by molar-refractivity contribution is 5.91. The number of aromatic amines is 1. The van der Waals surface area contributed by atoms with Crippen LogP contribution in [0, 0.1) is 5.41 Å². The molecular formula is C27H33N7O2. The molecule has 36 heavy (non-hydrogen) atoms. The Morgan fingerprint density at radius 3 is 2.64 bits per heavy atom. The average molecular weight is 488 g/mol. The zero-order valence-corrected chi connectivity index (χ0v) is 20.7. The number of fused-ring (bicyclic) bond motifs is 1. The maximum Gasteiger partial charge on any atom is 0.245 e. The molecule has 0 aliphatic carbocycles. The summed E-state index contributed by atoms with van der Waals surface area (Å²) in [6, 6.07) is 6.38. The number of morpholine rings is 1. The molecule has 3 saturated heterocycles. The van der Waals surface area contributed by atoms with Crippen LogP contribution in [0.4, 0.5) is 5.82 Å². The SMILES string of the molecule is C=CC(=O)N1CC2(CCN(CCc3ccc(-c4cc5c(N6CCOCC6)ncnc5[nH]4)nc3)CC2)C1. The van der Waals surface area contributed by atoms with Gasteiger partial charge < -0.3 is 24.4 Å². The Morgan fingerprint density at radius 1 is 1.11 bits per heavy atom. The number of nitrogens with zero attached hydrogens (tertiary/aromatic N) is 6. The normalized spacial score (nSPS) is 20.0. The van der Waals surface area contributed by atoms with Gasteiger partial charge in [-0.25, -0.2) is 9.97 Å². The number of nitrogens with one attached hydrogen (secondary N) is 1. The van der Waals surface area contributed by atoms with Crippen molar-refractivity contribution in [1.82, 2.24) is 29.7 Å². The molecule has 1 N–H and O–H groups in total. The second-order valence-corrected chi connectivity index (χ2v) is 10.3. The molecule has 3 aromatic heterocycles. The molecule has 1 spiro atoms. The van der Waals surface area contributed by atoms with Gasteiger partial charge in [-0.2, -0.15) is 0 Å². The van der Waals surface area contributed by atoms with Crippen LogP contribution in [0.15, 0.2) is 43.4 Å². The zero-order chi connectivity index (χ0) is 24.5. The van der Waals surface area contributed by atoms with E-state index in [-0.39, 0.29) is 5.91 Å². The third-order valence-electron chi connectivity index (χ3n) is 7.99. The van der Waals surface area contributed by atoms with Crippen LogP contribution in [0.3, 0.4) is 0 Å². The van der Waals surface area contributed by atoms with Crippen molar-refractivity contribution in [1.29, 1.82) is 0 Å². The number of carbonyl (C=O) groups is 1. The van der Waals surface area contributed by atoms with E-state index < -0.39 is 0 Å². The van der Waals surface area contributed by atoms with Crippen LogP contribution >= 0.6 is 0 Å². The lowest BCUT2D eigenvalue weighted by Crippen LogP contribution is -2.61. The Kier molecular flexibility index (Phi) is 6.18. The maximum atomic E-state index is 11.8. The molecule has 9 nitrogen and oxygen atoms in total. The molecule has 188 valence electrons. The third kappa shape index (κ3) is 4.49. The first-order valence-corrected chi connectivity index (χ1v) is 12.9. The molecule has 6 heterocycles. The number of H-pyrrole nitrogens is 1. The quantitative estimate of drug-likeness (QED) is 0.535. The molecular weight excluding hydrogens is 454 g/mol. The fraction of sp³-hybridized carbons (Fsp3) is 0.481. The van der Waals surface area contributed by atoms with Crippen molar-refractivity contribution in [3.63, 3.8) is 0 Å². The maximum absolute atomic E-state index is 11.8. The first-order chi connectivity index (χ1) is 17.6. The highest BCUT2D eigenvalue weighted by Gasteiger charge is 2.45. The van der Waals surface area contributed by atoms with E-state index in [0.717, 1.165) is 93.7 Å². The van der Waals surface area contributed by atoms with E-state index in [1.54, 1.807) is 6.33 Å². The number of anilines is 1. The zero-order valence-electron chi connectivity index (χ0n) is 20.7. The highest BCUT2D eigenvalue weighted by atomic mass is 16.5. The van der Waals surface area contributed by atoms with Crippen molar-refractivity contribution in [2.24, 2.45) is 5.41 Å². The van der Waals surface area contributed by atoms with Gasteiger partial charge in [-0.05, 0) is 56.1 Å². The minimum Gasteiger partial charge on any atom is -0.378 e. The van der Waals surface area contributed by atoms with Crippen molar-refractivity contribution in [2.75, 3.05) is 63.9 Å². The number of rotatable bonds is 6. The lowest BCUT2D eigenvalue weighted by molar-refractivity contribution is -0.141. The Labute approximate surface area is 211 Å². The lowest BCUT2D eigenvalue weighted by Gasteiger charge is -2.53. The first kappa shape index (κ1) is 23.1. The van der Waals surface area contributed by atoms with E-state index in [1.165, 1.54) is 24.5 Å². The van der Waals surface area contributed by atoms with Gasteiger partial charge in [-0.3, -0.25) is 9.78 Å². The van der Waals surface area contributed by atoms with Gasteiger partial charge in [-0.1, -0.05) is 12.6 Å². The van der Waals surface area contributed by atoms with E-state index in [1.807, 2.05) is 11.1 Å². The number of amides is 1. The summed E-state index contributed by atoms with van der Waals surface area (Å²) in [7, 11) is 0. The van der Waals surface area contributed by atoms with Crippen LogP contribution in [0.25, 0.3) is 22.4 Å². The van der Waals surface area contributed by atoms with E-state index >= 15 is 0 Å². The summed E-state index contributed by atoms with van der Waals surface area (Å²) in [6.45, 7) is 11.7. The monoisotopic (exact) mass is 487 g/mol. The van der Waals surface area contributed by atoms with Gasteiger partial charge in [0.2, 0.25) is 5.91 Å². The van der Waals surface area contributed by atoms with Crippen LogP contribution in [-0.4, -0.2) is 94.7 Å². The number of piperidine rings is 1. The van der Waals surface area contributed by atoms with E-state index in [9.17, 15) is 4.79 Å². The minimum absolute atomic E-state index is 0.0666. The van der Waals surface area contributed by atoms with Crippen LogP contribution in [0.2, 0.25) is 0 Å². The highest BCUT2D eigenvalue weighted by Crippen LogP contribution is 2.40. The molecule has 3 aliphatic rings. The predicted octanol–water partition coefficient (Wildman–Crippen LogP) is 2.51. The third-order valence-corrected chi connectivity index (χ3v) is 7.99.